The predicted octanol–water partition coefficient (Wildman–Crippen LogP) is 2.76. The van der Waals surface area contributed by atoms with Crippen molar-refractivity contribution in [2.45, 2.75) is 0 Å². The van der Waals surface area contributed by atoms with Crippen molar-refractivity contribution in [2.75, 3.05) is 0 Å². The summed E-state index contributed by atoms with van der Waals surface area (Å²) in [6.45, 7) is 0. The number of hydrogen-bond acceptors (Lipinski definition) is 0. The Labute approximate surface area is 48.2 Å². The van der Waals surface area contributed by atoms with E-state index in [-0.39, 0.29) is 0 Å². The fourth-order valence-corrected chi connectivity index (χ4v) is 0. The molecule has 0 aromatic rings. The molecule has 0 aromatic heterocycles. The summed E-state index contributed by atoms with van der Waals surface area (Å²) in [5, 5.41) is 0. The quantitative estimate of drug-likeness (QED) is 0.645. The molecule has 0 aromatic carbocycles. The molecule has 5 heavy (non-hydrogen) atoms. The van der Waals surface area contributed by atoms with Gasteiger partial charge in [0.2, 0.25) is 0 Å². The topological polar surface area (TPSA) is 0 Å². The summed E-state index contributed by atoms with van der Waals surface area (Å²) >= 11 is -3.06. The summed E-state index contributed by atoms with van der Waals surface area (Å²) in [6.07, 6.45) is 20.0. The molecule has 0 fully saturated rings. The molecule has 0 atom stereocenters. The zero-order chi connectivity index (χ0) is 4.50. The van der Waals surface area contributed by atoms with E-state index in [1.807, 2.05) is 0 Å². The molecule has 0 amide bonds. The molecule has 0 unspecified atom stereocenters. The molecule has 0 spiro atoms. The fraction of sp³-hybridized carbons (Fsp3) is 0. The molecule has 0 saturated heterocycles. The van der Waals surface area contributed by atoms with Gasteiger partial charge < -0.3 is 0 Å². The average molecular weight is 304 g/mol. The molecule has 0 heterocycles. The van der Waals surface area contributed by atoms with Gasteiger partial charge in [0.1, 0.15) is 0 Å². The van der Waals surface area contributed by atoms with Gasteiger partial charge in [-0.05, 0) is 0 Å². The first-order valence-corrected chi connectivity index (χ1v) is 10.6. The standard InChI is InChI=1S/4ClH.Dy/h4*1H;/q;;;;+4/p-4. The molecule has 0 radical (unpaired) electrons. The maximum atomic E-state index is 5.01. The van der Waals surface area contributed by atoms with Crippen molar-refractivity contribution in [1.82, 2.24) is 0 Å². The van der Waals surface area contributed by atoms with Crippen molar-refractivity contribution < 1.29 is 24.3 Å². The van der Waals surface area contributed by atoms with E-state index in [9.17, 15) is 0 Å². The van der Waals surface area contributed by atoms with Crippen LogP contribution in [0.4, 0.5) is 0 Å². The number of halogens is 4. The first-order valence-electron chi connectivity index (χ1n) is 0.478. The molecule has 0 aliphatic rings. The van der Waals surface area contributed by atoms with Crippen molar-refractivity contribution in [2.24, 2.45) is 0 Å². The molecule has 0 aliphatic carbocycles. The van der Waals surface area contributed by atoms with Crippen molar-refractivity contribution in [3.8, 4) is 0 Å². The predicted molar refractivity (Wildman–Crippen MR) is 23.4 cm³/mol. The second-order valence-corrected chi connectivity index (χ2v) is 18.1. The van der Waals surface area contributed by atoms with E-state index < -0.39 is 24.3 Å². The van der Waals surface area contributed by atoms with Gasteiger partial charge in [-0.25, -0.2) is 0 Å². The van der Waals surface area contributed by atoms with E-state index in [1.165, 1.54) is 0 Å². The second-order valence-electron chi connectivity index (χ2n) is 0.271. The summed E-state index contributed by atoms with van der Waals surface area (Å²) in [6, 6.07) is 0. The molecule has 38 valence electrons. The maximum absolute atomic E-state index is 5.01. The van der Waals surface area contributed by atoms with Crippen LogP contribution in [0.15, 0.2) is 0 Å². The molecule has 5 heteroatoms. The Morgan fingerprint density at radius 1 is 0.800 bits per heavy atom. The van der Waals surface area contributed by atoms with Gasteiger partial charge in [-0.2, -0.15) is 0 Å². The van der Waals surface area contributed by atoms with Gasteiger partial charge in [0.05, 0.1) is 0 Å². The normalized spacial score (nSPS) is 15.2. The van der Waals surface area contributed by atoms with Crippen molar-refractivity contribution in [1.29, 1.82) is 0 Å². The summed E-state index contributed by atoms with van der Waals surface area (Å²) in [5.41, 5.74) is 0. The Balaban J connectivity index is 3.02. The van der Waals surface area contributed by atoms with Crippen LogP contribution in [0, 0.1) is 24.3 Å². The van der Waals surface area contributed by atoms with Crippen LogP contribution in [0.2, 0.25) is 0 Å². The zero-order valence-electron chi connectivity index (χ0n) is 1.83. The molecule has 0 N–H and O–H groups in total. The van der Waals surface area contributed by atoms with Crippen LogP contribution in [0.5, 0.6) is 0 Å². The summed E-state index contributed by atoms with van der Waals surface area (Å²) < 4.78 is 0. The van der Waals surface area contributed by atoms with Gasteiger partial charge in [-0.15, -0.1) is 0 Å². The summed E-state index contributed by atoms with van der Waals surface area (Å²) in [7, 11) is 0. The van der Waals surface area contributed by atoms with E-state index in [4.69, 9.17) is 25.2 Å². The van der Waals surface area contributed by atoms with E-state index in [0.717, 1.165) is 0 Å². The van der Waals surface area contributed by atoms with E-state index in [0.29, 0.717) is 0 Å². The van der Waals surface area contributed by atoms with Crippen molar-refractivity contribution in [3.05, 3.63) is 0 Å². The minimum absolute atomic E-state index is 3.06. The van der Waals surface area contributed by atoms with Gasteiger partial charge >= 0.3 is 49.5 Å². The first kappa shape index (κ1) is 7.43. The fourth-order valence-electron chi connectivity index (χ4n) is 0. The molecule has 0 nitrogen and oxygen atoms in total. The Bertz CT molecular complexity index is 19.1. The monoisotopic (exact) mass is 304 g/mol. The van der Waals surface area contributed by atoms with Gasteiger partial charge in [-0.3, -0.25) is 0 Å². The average Bonchev–Trinajstić information content (AvgIpc) is 0.722. The van der Waals surface area contributed by atoms with Crippen molar-refractivity contribution >= 4 is 25.2 Å². The van der Waals surface area contributed by atoms with E-state index in [1.54, 1.807) is 0 Å². The zero-order valence-corrected chi connectivity index (χ0v) is 6.88. The SMILES string of the molecule is [Cl][Dy]([Cl])([Cl])[Cl]. The van der Waals surface area contributed by atoms with Crippen LogP contribution in [-0.4, -0.2) is 0 Å². The summed E-state index contributed by atoms with van der Waals surface area (Å²) in [4.78, 5) is 0. The van der Waals surface area contributed by atoms with Gasteiger partial charge in [0.25, 0.3) is 0 Å². The molecular formula is Cl4Dy. The van der Waals surface area contributed by atoms with Crippen LogP contribution in [-0.2, 0) is 0 Å². The number of hydrogen-bond donors (Lipinski definition) is 0. The van der Waals surface area contributed by atoms with E-state index in [2.05, 4.69) is 0 Å². The molecule has 0 bridgehead atoms. The van der Waals surface area contributed by atoms with Gasteiger partial charge in [0, 0.05) is 0 Å². The van der Waals surface area contributed by atoms with Crippen LogP contribution in [0.3, 0.4) is 0 Å². The third-order valence-corrected chi connectivity index (χ3v) is 0. The third kappa shape index (κ3) is 21.4. The van der Waals surface area contributed by atoms with Crippen LogP contribution >= 0.6 is 25.2 Å². The molecule has 0 saturated carbocycles. The Morgan fingerprint density at radius 3 is 0.800 bits per heavy atom. The van der Waals surface area contributed by atoms with Crippen LogP contribution in [0.25, 0.3) is 0 Å². The summed E-state index contributed by atoms with van der Waals surface area (Å²) in [5.74, 6) is 0. The Hall–Kier alpha value is 2.43. The second kappa shape index (κ2) is 2.67. The van der Waals surface area contributed by atoms with Crippen LogP contribution in [0.1, 0.15) is 0 Å². The molecular weight excluding hydrogens is 304 g/mol. The molecule has 0 rings (SSSR count). The minimum atomic E-state index is -3.06. The van der Waals surface area contributed by atoms with Gasteiger partial charge in [-0.1, -0.05) is 0 Å². The van der Waals surface area contributed by atoms with E-state index >= 15 is 0 Å². The third-order valence-electron chi connectivity index (χ3n) is 0. The number of rotatable bonds is 0. The van der Waals surface area contributed by atoms with Crippen molar-refractivity contribution in [3.63, 3.8) is 0 Å². The Kier molecular flexibility index (Phi) is 3.97. The first-order chi connectivity index (χ1) is 2.00. The molecule has 0 aliphatic heterocycles. The van der Waals surface area contributed by atoms with Crippen LogP contribution < -0.4 is 0 Å². The Morgan fingerprint density at radius 2 is 0.800 bits per heavy atom. The van der Waals surface area contributed by atoms with Gasteiger partial charge in [0.15, 0.2) is 0 Å².